The molecular weight excluding hydrogens is 268 g/mol. The Morgan fingerprint density at radius 2 is 1.77 bits per heavy atom. The molecule has 2 heteroatoms. The van der Waals surface area contributed by atoms with Gasteiger partial charge >= 0.3 is 0 Å². The van der Waals surface area contributed by atoms with E-state index in [-0.39, 0.29) is 0 Å². The Bertz CT molecular complexity index is 447. The van der Waals surface area contributed by atoms with E-state index in [0.717, 1.165) is 11.8 Å². The number of benzene rings is 1. The van der Waals surface area contributed by atoms with Gasteiger partial charge in [0.05, 0.1) is 0 Å². The highest BCUT2D eigenvalue weighted by molar-refractivity contribution is 5.21. The first kappa shape index (κ1) is 16.0. The van der Waals surface area contributed by atoms with Crippen LogP contribution >= 0.6 is 0 Å². The van der Waals surface area contributed by atoms with Gasteiger partial charge < -0.3 is 10.2 Å². The Kier molecular flexibility index (Phi) is 5.54. The minimum Gasteiger partial charge on any atom is -0.312 e. The van der Waals surface area contributed by atoms with Crippen LogP contribution in [0.4, 0.5) is 0 Å². The monoisotopic (exact) mass is 300 g/mol. The maximum atomic E-state index is 3.88. The number of hydrogen-bond acceptors (Lipinski definition) is 2. The average Bonchev–Trinajstić information content (AvgIpc) is 3.00. The second kappa shape index (κ2) is 7.61. The topological polar surface area (TPSA) is 15.3 Å². The van der Waals surface area contributed by atoms with E-state index < -0.39 is 0 Å². The molecule has 1 aromatic rings. The highest BCUT2D eigenvalue weighted by atomic mass is 15.1. The number of hydrogen-bond donors (Lipinski definition) is 1. The van der Waals surface area contributed by atoms with Gasteiger partial charge in [-0.1, -0.05) is 42.7 Å². The van der Waals surface area contributed by atoms with Crippen LogP contribution in [0.3, 0.4) is 0 Å². The molecule has 3 rings (SSSR count). The summed E-state index contributed by atoms with van der Waals surface area (Å²) < 4.78 is 0. The van der Waals surface area contributed by atoms with Gasteiger partial charge in [0, 0.05) is 19.1 Å². The van der Waals surface area contributed by atoms with Gasteiger partial charge in [0.2, 0.25) is 0 Å². The van der Waals surface area contributed by atoms with Gasteiger partial charge in [-0.2, -0.15) is 0 Å². The van der Waals surface area contributed by atoms with Crippen LogP contribution in [-0.4, -0.2) is 37.6 Å². The molecule has 2 nitrogen and oxygen atoms in total. The number of nitrogens with one attached hydrogen (secondary N) is 1. The van der Waals surface area contributed by atoms with Crippen molar-refractivity contribution in [2.24, 2.45) is 11.8 Å². The van der Waals surface area contributed by atoms with Gasteiger partial charge in [0.1, 0.15) is 0 Å². The summed E-state index contributed by atoms with van der Waals surface area (Å²) >= 11 is 0. The van der Waals surface area contributed by atoms with Crippen molar-refractivity contribution in [3.8, 4) is 0 Å². The Morgan fingerprint density at radius 1 is 1.05 bits per heavy atom. The highest BCUT2D eigenvalue weighted by Crippen LogP contribution is 2.25. The number of piperidine rings is 1. The normalized spacial score (nSPS) is 27.4. The summed E-state index contributed by atoms with van der Waals surface area (Å²) in [4.78, 5) is 2.52. The molecule has 0 bridgehead atoms. The second-order valence-electron chi connectivity index (χ2n) is 7.77. The fourth-order valence-corrected chi connectivity index (χ4v) is 4.34. The quantitative estimate of drug-likeness (QED) is 0.893. The van der Waals surface area contributed by atoms with Crippen LogP contribution in [0.2, 0.25) is 0 Å². The van der Waals surface area contributed by atoms with E-state index >= 15 is 0 Å². The fraction of sp³-hybridized carbons (Fsp3) is 0.700. The number of nitrogens with zero attached hydrogens (tertiary/aromatic N) is 1. The molecule has 0 spiro atoms. The molecule has 0 aromatic heterocycles. The molecule has 22 heavy (non-hydrogen) atoms. The molecule has 1 aliphatic carbocycles. The molecule has 1 aromatic carbocycles. The summed E-state index contributed by atoms with van der Waals surface area (Å²) in [6, 6.07) is 9.81. The first-order valence-corrected chi connectivity index (χ1v) is 9.16. The van der Waals surface area contributed by atoms with Crippen LogP contribution in [0, 0.1) is 18.8 Å². The average molecular weight is 300 g/mol. The number of likely N-dealkylation sites (tertiary alicyclic amines) is 1. The molecule has 2 aliphatic rings. The fourth-order valence-electron chi connectivity index (χ4n) is 4.34. The van der Waals surface area contributed by atoms with E-state index in [4.69, 9.17) is 0 Å². The number of rotatable bonds is 5. The standard InChI is InChI=1S/C20H32N2/c1-16-7-9-17(10-8-16)11-19-12-20(15-22(2)14-19)21-13-18-5-3-4-6-18/h7-10,18-21H,3-6,11-15H2,1-2H3. The van der Waals surface area contributed by atoms with Gasteiger partial charge in [-0.15, -0.1) is 0 Å². The Balaban J connectivity index is 1.50. The van der Waals surface area contributed by atoms with E-state index in [9.17, 15) is 0 Å². The lowest BCUT2D eigenvalue weighted by molar-refractivity contribution is 0.165. The first-order valence-electron chi connectivity index (χ1n) is 9.16. The summed E-state index contributed by atoms with van der Waals surface area (Å²) in [5.74, 6) is 1.74. The number of likely N-dealkylation sites (N-methyl/N-ethyl adjacent to an activating group) is 1. The van der Waals surface area contributed by atoms with Gasteiger partial charge in [0.15, 0.2) is 0 Å². The molecular formula is C20H32N2. The zero-order valence-electron chi connectivity index (χ0n) is 14.4. The van der Waals surface area contributed by atoms with Crippen LogP contribution in [0.5, 0.6) is 0 Å². The van der Waals surface area contributed by atoms with Gasteiger partial charge in [-0.3, -0.25) is 0 Å². The third kappa shape index (κ3) is 4.57. The highest BCUT2D eigenvalue weighted by Gasteiger charge is 2.26. The molecule has 122 valence electrons. The van der Waals surface area contributed by atoms with Crippen molar-refractivity contribution in [2.45, 2.75) is 51.5 Å². The lowest BCUT2D eigenvalue weighted by atomic mass is 9.88. The molecule has 2 unspecified atom stereocenters. The summed E-state index contributed by atoms with van der Waals surface area (Å²) in [6.45, 7) is 5.88. The molecule has 1 aliphatic heterocycles. The van der Waals surface area contributed by atoms with Crippen molar-refractivity contribution < 1.29 is 0 Å². The van der Waals surface area contributed by atoms with Gasteiger partial charge in [0.25, 0.3) is 0 Å². The zero-order valence-corrected chi connectivity index (χ0v) is 14.4. The van der Waals surface area contributed by atoms with E-state index in [1.807, 2.05) is 0 Å². The van der Waals surface area contributed by atoms with Gasteiger partial charge in [-0.05, 0) is 63.6 Å². The number of aryl methyl sites for hydroxylation is 1. The van der Waals surface area contributed by atoms with Crippen LogP contribution in [0.15, 0.2) is 24.3 Å². The molecule has 0 radical (unpaired) electrons. The van der Waals surface area contributed by atoms with E-state index in [1.165, 1.54) is 69.3 Å². The lowest BCUT2D eigenvalue weighted by Gasteiger charge is -2.36. The SMILES string of the molecule is Cc1ccc(CC2CC(NCC3CCCC3)CN(C)C2)cc1. The summed E-state index contributed by atoms with van der Waals surface area (Å²) in [6.07, 6.45) is 8.36. The molecule has 0 amide bonds. The van der Waals surface area contributed by atoms with Crippen molar-refractivity contribution >= 4 is 0 Å². The van der Waals surface area contributed by atoms with Crippen molar-refractivity contribution in [1.29, 1.82) is 0 Å². The third-order valence-corrected chi connectivity index (χ3v) is 5.53. The van der Waals surface area contributed by atoms with E-state index in [0.29, 0.717) is 6.04 Å². The molecule has 1 saturated heterocycles. The first-order chi connectivity index (χ1) is 10.7. The maximum Gasteiger partial charge on any atom is 0.0198 e. The van der Waals surface area contributed by atoms with E-state index in [1.54, 1.807) is 0 Å². The lowest BCUT2D eigenvalue weighted by Crippen LogP contribution is -2.49. The summed E-state index contributed by atoms with van der Waals surface area (Å²) in [5, 5.41) is 3.88. The second-order valence-corrected chi connectivity index (χ2v) is 7.77. The maximum absolute atomic E-state index is 3.88. The third-order valence-electron chi connectivity index (χ3n) is 5.53. The zero-order chi connectivity index (χ0) is 15.4. The van der Waals surface area contributed by atoms with Gasteiger partial charge in [-0.25, -0.2) is 0 Å². The molecule has 1 heterocycles. The largest absolute Gasteiger partial charge is 0.312 e. The van der Waals surface area contributed by atoms with Crippen LogP contribution in [0.25, 0.3) is 0 Å². The minimum atomic E-state index is 0.690. The molecule has 2 atom stereocenters. The van der Waals surface area contributed by atoms with Crippen LogP contribution in [0.1, 0.15) is 43.2 Å². The molecule has 1 saturated carbocycles. The summed E-state index contributed by atoms with van der Waals surface area (Å²) in [7, 11) is 2.28. The van der Waals surface area contributed by atoms with Crippen molar-refractivity contribution in [2.75, 3.05) is 26.7 Å². The van der Waals surface area contributed by atoms with Crippen molar-refractivity contribution in [1.82, 2.24) is 10.2 Å². The van der Waals surface area contributed by atoms with Crippen LogP contribution < -0.4 is 5.32 Å². The Morgan fingerprint density at radius 3 is 2.50 bits per heavy atom. The predicted molar refractivity (Wildman–Crippen MR) is 94.2 cm³/mol. The predicted octanol–water partition coefficient (Wildman–Crippen LogP) is 3.64. The molecule has 1 N–H and O–H groups in total. The Hall–Kier alpha value is -0.860. The Labute approximate surface area is 136 Å². The van der Waals surface area contributed by atoms with Crippen molar-refractivity contribution in [3.63, 3.8) is 0 Å². The van der Waals surface area contributed by atoms with E-state index in [2.05, 4.69) is 48.5 Å². The smallest absolute Gasteiger partial charge is 0.0198 e. The van der Waals surface area contributed by atoms with Crippen molar-refractivity contribution in [3.05, 3.63) is 35.4 Å². The summed E-state index contributed by atoms with van der Waals surface area (Å²) in [5.41, 5.74) is 2.86. The molecule has 2 fully saturated rings. The minimum absolute atomic E-state index is 0.690. The van der Waals surface area contributed by atoms with Crippen LogP contribution in [-0.2, 0) is 6.42 Å².